The summed E-state index contributed by atoms with van der Waals surface area (Å²) in [6.07, 6.45) is 1.04. The molecule has 6 heteroatoms. The first-order chi connectivity index (χ1) is 13.7. The van der Waals surface area contributed by atoms with Crippen LogP contribution in [0.25, 0.3) is 0 Å². The smallest absolute Gasteiger partial charge is 0.317 e. The lowest BCUT2D eigenvalue weighted by molar-refractivity contribution is 0.0963. The van der Waals surface area contributed by atoms with Gasteiger partial charge < -0.3 is 15.5 Å². The van der Waals surface area contributed by atoms with Gasteiger partial charge in [0.15, 0.2) is 0 Å². The molecule has 2 aromatic rings. The zero-order chi connectivity index (χ0) is 19.8. The molecule has 3 rings (SSSR count). The van der Waals surface area contributed by atoms with E-state index >= 15 is 0 Å². The minimum atomic E-state index is -0.125. The number of hydrogen-bond acceptors (Lipinski definition) is 3. The van der Waals surface area contributed by atoms with E-state index in [9.17, 15) is 9.59 Å². The van der Waals surface area contributed by atoms with E-state index in [0.29, 0.717) is 12.1 Å². The molecule has 1 heterocycles. The Labute approximate surface area is 166 Å². The van der Waals surface area contributed by atoms with Gasteiger partial charge in [-0.05, 0) is 29.7 Å². The van der Waals surface area contributed by atoms with E-state index in [2.05, 4.69) is 39.8 Å². The average Bonchev–Trinajstić information content (AvgIpc) is 2.76. The largest absolute Gasteiger partial charge is 0.355 e. The molecule has 2 N–H and O–H groups in total. The van der Waals surface area contributed by atoms with Crippen LogP contribution in [-0.2, 0) is 13.0 Å². The maximum atomic E-state index is 12.4. The Kier molecular flexibility index (Phi) is 7.03. The van der Waals surface area contributed by atoms with Gasteiger partial charge in [-0.3, -0.25) is 9.69 Å². The topological polar surface area (TPSA) is 64.7 Å². The first kappa shape index (κ1) is 19.9. The Balaban J connectivity index is 1.41. The highest BCUT2D eigenvalue weighted by Crippen LogP contribution is 2.08. The number of nitrogens with one attached hydrogen (secondary N) is 2. The van der Waals surface area contributed by atoms with Crippen LogP contribution < -0.4 is 10.6 Å². The molecule has 1 aliphatic heterocycles. The van der Waals surface area contributed by atoms with Crippen LogP contribution in [0, 0.1) is 0 Å². The number of hydrogen-bond donors (Lipinski definition) is 2. The lowest BCUT2D eigenvalue weighted by atomic mass is 10.1. The number of benzene rings is 2. The van der Waals surface area contributed by atoms with Gasteiger partial charge in [-0.2, -0.15) is 0 Å². The molecule has 0 saturated carbocycles. The van der Waals surface area contributed by atoms with Crippen molar-refractivity contribution in [3.05, 3.63) is 71.3 Å². The van der Waals surface area contributed by atoms with Crippen LogP contribution >= 0.6 is 0 Å². The van der Waals surface area contributed by atoms with Crippen molar-refractivity contribution in [2.75, 3.05) is 39.8 Å². The molecule has 1 aliphatic rings. The second-order valence-corrected chi connectivity index (χ2v) is 7.00. The fraction of sp³-hybridized carbons (Fsp3) is 0.364. The summed E-state index contributed by atoms with van der Waals surface area (Å²) in [5.74, 6) is -0.125. The Morgan fingerprint density at radius 3 is 2.36 bits per heavy atom. The molecule has 28 heavy (non-hydrogen) atoms. The van der Waals surface area contributed by atoms with E-state index in [1.807, 2.05) is 23.1 Å². The summed E-state index contributed by atoms with van der Waals surface area (Å²) >= 11 is 0. The SMILES string of the molecule is CNC(=O)c1cccc(CNC(=O)N2CCN(CCc3ccccc3)CC2)c1. The van der Waals surface area contributed by atoms with Crippen molar-refractivity contribution in [2.45, 2.75) is 13.0 Å². The van der Waals surface area contributed by atoms with Gasteiger partial charge in [-0.25, -0.2) is 4.79 Å². The molecule has 0 spiro atoms. The Bertz CT molecular complexity index is 786. The molecule has 0 atom stereocenters. The van der Waals surface area contributed by atoms with E-state index in [1.54, 1.807) is 19.2 Å². The summed E-state index contributed by atoms with van der Waals surface area (Å²) in [6.45, 7) is 4.69. The molecule has 1 fully saturated rings. The van der Waals surface area contributed by atoms with Crippen molar-refractivity contribution in [1.29, 1.82) is 0 Å². The number of carbonyl (C=O) groups excluding carboxylic acids is 2. The monoisotopic (exact) mass is 380 g/mol. The lowest BCUT2D eigenvalue weighted by Crippen LogP contribution is -2.51. The lowest BCUT2D eigenvalue weighted by Gasteiger charge is -2.34. The van der Waals surface area contributed by atoms with Crippen LogP contribution in [0.4, 0.5) is 4.79 Å². The summed E-state index contributed by atoms with van der Waals surface area (Å²) in [4.78, 5) is 28.4. The van der Waals surface area contributed by atoms with Crippen molar-refractivity contribution in [3.8, 4) is 0 Å². The zero-order valence-electron chi connectivity index (χ0n) is 16.4. The summed E-state index contributed by atoms with van der Waals surface area (Å²) in [5, 5.41) is 5.57. The normalized spacial score (nSPS) is 14.5. The van der Waals surface area contributed by atoms with Crippen LogP contribution in [0.5, 0.6) is 0 Å². The van der Waals surface area contributed by atoms with E-state index < -0.39 is 0 Å². The minimum Gasteiger partial charge on any atom is -0.355 e. The fourth-order valence-corrected chi connectivity index (χ4v) is 3.36. The maximum absolute atomic E-state index is 12.4. The van der Waals surface area contributed by atoms with Crippen LogP contribution in [0.15, 0.2) is 54.6 Å². The molecule has 0 unspecified atom stereocenters. The Morgan fingerprint density at radius 1 is 0.929 bits per heavy atom. The van der Waals surface area contributed by atoms with Crippen LogP contribution in [0.1, 0.15) is 21.5 Å². The van der Waals surface area contributed by atoms with Crippen LogP contribution in [0.2, 0.25) is 0 Å². The van der Waals surface area contributed by atoms with Crippen molar-refractivity contribution < 1.29 is 9.59 Å². The van der Waals surface area contributed by atoms with Crippen molar-refractivity contribution >= 4 is 11.9 Å². The molecule has 3 amide bonds. The second kappa shape index (κ2) is 9.90. The summed E-state index contributed by atoms with van der Waals surface area (Å²) in [6, 6.07) is 17.8. The number of piperazine rings is 1. The molecule has 6 nitrogen and oxygen atoms in total. The van der Waals surface area contributed by atoms with Gasteiger partial charge in [0, 0.05) is 51.9 Å². The zero-order valence-corrected chi connectivity index (χ0v) is 16.4. The second-order valence-electron chi connectivity index (χ2n) is 7.00. The van der Waals surface area contributed by atoms with Gasteiger partial charge >= 0.3 is 6.03 Å². The van der Waals surface area contributed by atoms with Crippen molar-refractivity contribution in [1.82, 2.24) is 20.4 Å². The molecule has 0 radical (unpaired) electrons. The third kappa shape index (κ3) is 5.57. The standard InChI is InChI=1S/C22H28N4O2/c1-23-21(27)20-9-5-8-19(16-20)17-24-22(28)26-14-12-25(13-15-26)11-10-18-6-3-2-4-7-18/h2-9,16H,10-15,17H2,1H3,(H,23,27)(H,24,28). The predicted octanol–water partition coefficient (Wildman–Crippen LogP) is 2.12. The predicted molar refractivity (Wildman–Crippen MR) is 110 cm³/mol. The van der Waals surface area contributed by atoms with Gasteiger partial charge in [0.25, 0.3) is 5.91 Å². The number of amides is 3. The quantitative estimate of drug-likeness (QED) is 0.807. The van der Waals surface area contributed by atoms with Crippen LogP contribution in [-0.4, -0.2) is 61.5 Å². The molecule has 0 bridgehead atoms. The minimum absolute atomic E-state index is 0.0481. The van der Waals surface area contributed by atoms with Crippen LogP contribution in [0.3, 0.4) is 0 Å². The molecule has 0 aliphatic carbocycles. The number of urea groups is 1. The van der Waals surface area contributed by atoms with Gasteiger partial charge in [0.2, 0.25) is 0 Å². The summed E-state index contributed by atoms with van der Waals surface area (Å²) in [7, 11) is 1.61. The Morgan fingerprint density at radius 2 is 1.64 bits per heavy atom. The highest BCUT2D eigenvalue weighted by atomic mass is 16.2. The molecular formula is C22H28N4O2. The molecule has 1 saturated heterocycles. The number of rotatable bonds is 6. The molecule has 148 valence electrons. The maximum Gasteiger partial charge on any atom is 0.317 e. The van der Waals surface area contributed by atoms with E-state index in [4.69, 9.17) is 0 Å². The van der Waals surface area contributed by atoms with Gasteiger partial charge in [-0.1, -0.05) is 42.5 Å². The number of nitrogens with zero attached hydrogens (tertiary/aromatic N) is 2. The molecular weight excluding hydrogens is 352 g/mol. The van der Waals surface area contributed by atoms with Gasteiger partial charge in [0.1, 0.15) is 0 Å². The highest BCUT2D eigenvalue weighted by molar-refractivity contribution is 5.94. The third-order valence-electron chi connectivity index (χ3n) is 5.08. The third-order valence-corrected chi connectivity index (χ3v) is 5.08. The van der Waals surface area contributed by atoms with Gasteiger partial charge in [0.05, 0.1) is 0 Å². The first-order valence-electron chi connectivity index (χ1n) is 9.76. The van der Waals surface area contributed by atoms with Crippen molar-refractivity contribution in [2.24, 2.45) is 0 Å². The van der Waals surface area contributed by atoms with E-state index in [-0.39, 0.29) is 11.9 Å². The summed E-state index contributed by atoms with van der Waals surface area (Å²) in [5.41, 5.74) is 2.86. The van der Waals surface area contributed by atoms with E-state index in [0.717, 1.165) is 44.7 Å². The summed E-state index contributed by atoms with van der Waals surface area (Å²) < 4.78 is 0. The first-order valence-corrected chi connectivity index (χ1v) is 9.76. The molecule has 0 aromatic heterocycles. The van der Waals surface area contributed by atoms with E-state index in [1.165, 1.54) is 5.56 Å². The van der Waals surface area contributed by atoms with Crippen molar-refractivity contribution in [3.63, 3.8) is 0 Å². The Hall–Kier alpha value is -2.86. The van der Waals surface area contributed by atoms with Gasteiger partial charge in [-0.15, -0.1) is 0 Å². The highest BCUT2D eigenvalue weighted by Gasteiger charge is 2.20. The molecule has 2 aromatic carbocycles. The number of carbonyl (C=O) groups is 2. The average molecular weight is 380 g/mol. The fourth-order valence-electron chi connectivity index (χ4n) is 3.36.